The Kier molecular flexibility index (Phi) is 5.04. The quantitative estimate of drug-likeness (QED) is 0.532. The van der Waals surface area contributed by atoms with E-state index in [1.165, 1.54) is 6.92 Å². The number of rotatable bonds is 6. The third kappa shape index (κ3) is 5.06. The van der Waals surface area contributed by atoms with E-state index < -0.39 is 51.7 Å². The summed E-state index contributed by atoms with van der Waals surface area (Å²) in [7, 11) is -13.8. The predicted molar refractivity (Wildman–Crippen MR) is 74.8 cm³/mol. The fourth-order valence-corrected chi connectivity index (χ4v) is 4.00. The summed E-state index contributed by atoms with van der Waals surface area (Å²) in [6.07, 6.45) is 0. The zero-order valence-electron chi connectivity index (χ0n) is 11.1. The van der Waals surface area contributed by atoms with E-state index in [0.29, 0.717) is 0 Å². The van der Waals surface area contributed by atoms with E-state index in [2.05, 4.69) is 10.8 Å². The Balaban J connectivity index is 3.23. The van der Waals surface area contributed by atoms with Crippen molar-refractivity contribution in [2.75, 3.05) is 5.75 Å². The van der Waals surface area contributed by atoms with Gasteiger partial charge in [0, 0.05) is 0 Å². The lowest BCUT2D eigenvalue weighted by atomic mass is 10.2. The average Bonchev–Trinajstić information content (AvgIpc) is 2.23. The van der Waals surface area contributed by atoms with E-state index in [-0.39, 0.29) is 5.56 Å². The summed E-state index contributed by atoms with van der Waals surface area (Å²) in [4.78, 5) is -1.10. The summed E-state index contributed by atoms with van der Waals surface area (Å²) in [5.74, 6) is -1.79. The molecule has 1 aromatic carbocycles. The molecule has 0 saturated carbocycles. The minimum atomic E-state index is -4.92. The highest BCUT2D eigenvalue weighted by Gasteiger charge is 2.23. The summed E-state index contributed by atoms with van der Waals surface area (Å²) in [6.45, 7) is 4.38. The lowest BCUT2D eigenvalue weighted by Gasteiger charge is -2.09. The highest BCUT2D eigenvalue weighted by atomic mass is 32.3. The maximum atomic E-state index is 12.0. The van der Waals surface area contributed by atoms with E-state index in [0.717, 1.165) is 18.2 Å². The van der Waals surface area contributed by atoms with Crippen LogP contribution < -0.4 is 0 Å². The van der Waals surface area contributed by atoms with Gasteiger partial charge in [-0.2, -0.15) is 16.8 Å². The number of hydrogen-bond acceptors (Lipinski definition) is 7. The van der Waals surface area contributed by atoms with Gasteiger partial charge >= 0.3 is 10.4 Å². The highest BCUT2D eigenvalue weighted by Crippen LogP contribution is 2.22. The monoisotopic (exact) mass is 372 g/mol. The van der Waals surface area contributed by atoms with Crippen molar-refractivity contribution in [3.63, 3.8) is 0 Å². The molecule has 12 heteroatoms. The number of aryl methyl sites for hydroxylation is 1. The van der Waals surface area contributed by atoms with Crippen LogP contribution in [0.15, 0.2) is 40.3 Å². The van der Waals surface area contributed by atoms with Crippen molar-refractivity contribution < 1.29 is 38.5 Å². The van der Waals surface area contributed by atoms with Gasteiger partial charge in [0.15, 0.2) is 9.84 Å². The first-order chi connectivity index (χ1) is 9.72. The number of benzene rings is 1. The SMILES string of the molecule is C=C(CS(=O)(=O)c1ccc(C)c(S(=O)(=O)O)c1)OS(=O)(=O)O. The van der Waals surface area contributed by atoms with Gasteiger partial charge in [0.25, 0.3) is 10.1 Å². The van der Waals surface area contributed by atoms with E-state index in [1.807, 2.05) is 0 Å². The molecule has 0 amide bonds. The molecule has 0 aliphatic carbocycles. The van der Waals surface area contributed by atoms with Gasteiger partial charge in [-0.15, -0.1) is 0 Å². The smallest absolute Gasteiger partial charge is 0.366 e. The van der Waals surface area contributed by atoms with Gasteiger partial charge in [-0.1, -0.05) is 12.6 Å². The van der Waals surface area contributed by atoms with Crippen LogP contribution in [0.5, 0.6) is 0 Å². The topological polar surface area (TPSA) is 152 Å². The average molecular weight is 372 g/mol. The number of hydrogen-bond donors (Lipinski definition) is 2. The molecule has 22 heavy (non-hydrogen) atoms. The zero-order chi connectivity index (χ0) is 17.3. The van der Waals surface area contributed by atoms with Crippen LogP contribution in [0.3, 0.4) is 0 Å². The Morgan fingerprint density at radius 3 is 2.14 bits per heavy atom. The second-order valence-corrected chi connectivity index (χ2v) is 8.61. The van der Waals surface area contributed by atoms with Gasteiger partial charge in [0.05, 0.1) is 9.79 Å². The molecule has 9 nitrogen and oxygen atoms in total. The molecule has 2 N–H and O–H groups in total. The lowest BCUT2D eigenvalue weighted by molar-refractivity contribution is 0.335. The Hall–Kier alpha value is -1.47. The molecule has 0 atom stereocenters. The maximum Gasteiger partial charge on any atom is 0.446 e. The molecule has 124 valence electrons. The van der Waals surface area contributed by atoms with E-state index in [9.17, 15) is 25.3 Å². The Morgan fingerprint density at radius 1 is 1.14 bits per heavy atom. The van der Waals surface area contributed by atoms with Crippen molar-refractivity contribution in [3.8, 4) is 0 Å². The molecule has 0 aliphatic rings. The summed E-state index contributed by atoms with van der Waals surface area (Å²) in [6, 6.07) is 2.95. The first kappa shape index (κ1) is 18.6. The third-order valence-corrected chi connectivity index (χ3v) is 5.49. The minimum absolute atomic E-state index is 0.120. The van der Waals surface area contributed by atoms with E-state index in [1.54, 1.807) is 0 Å². The standard InChI is InChI=1S/C10H12O9S3/c1-7-3-4-9(5-10(7)21(13,14)15)20(11,12)6-8(2)19-22(16,17)18/h3-5H,2,6H2,1H3,(H,13,14,15)(H,16,17,18). The van der Waals surface area contributed by atoms with Gasteiger partial charge in [-0.3, -0.25) is 9.11 Å². The van der Waals surface area contributed by atoms with Gasteiger partial charge in [0.2, 0.25) is 0 Å². The Bertz CT molecular complexity index is 908. The molecule has 0 fully saturated rings. The summed E-state index contributed by atoms with van der Waals surface area (Å²) in [5.41, 5.74) is 0.120. The maximum absolute atomic E-state index is 12.0. The predicted octanol–water partition coefficient (Wildman–Crippen LogP) is 0.349. The first-order valence-electron chi connectivity index (χ1n) is 5.38. The normalized spacial score (nSPS) is 12.9. The van der Waals surface area contributed by atoms with E-state index >= 15 is 0 Å². The third-order valence-electron chi connectivity index (χ3n) is 2.37. The van der Waals surface area contributed by atoms with Gasteiger partial charge < -0.3 is 4.18 Å². The first-order valence-corrected chi connectivity index (χ1v) is 9.84. The molecule has 0 aliphatic heterocycles. The largest absolute Gasteiger partial charge is 0.446 e. The van der Waals surface area contributed by atoms with Crippen molar-refractivity contribution in [3.05, 3.63) is 36.1 Å². The molecule has 0 aromatic heterocycles. The second kappa shape index (κ2) is 5.96. The molecule has 0 saturated heterocycles. The van der Waals surface area contributed by atoms with Crippen LogP contribution in [0, 0.1) is 6.92 Å². The van der Waals surface area contributed by atoms with Crippen LogP contribution in [0.1, 0.15) is 5.56 Å². The van der Waals surface area contributed by atoms with E-state index in [4.69, 9.17) is 9.11 Å². The molecule has 0 spiro atoms. The lowest BCUT2D eigenvalue weighted by Crippen LogP contribution is -2.14. The molecule has 0 heterocycles. The van der Waals surface area contributed by atoms with Crippen molar-refractivity contribution >= 4 is 30.4 Å². The molecule has 1 aromatic rings. The molecule has 0 unspecified atom stereocenters. The van der Waals surface area contributed by atoms with Crippen molar-refractivity contribution in [2.45, 2.75) is 16.7 Å². The summed E-state index contributed by atoms with van der Waals surface area (Å²) in [5, 5.41) is 0. The zero-order valence-corrected chi connectivity index (χ0v) is 13.6. The highest BCUT2D eigenvalue weighted by molar-refractivity contribution is 7.91. The molecule has 0 radical (unpaired) electrons. The summed E-state index contributed by atoms with van der Waals surface area (Å²) < 4.78 is 88.6. The minimum Gasteiger partial charge on any atom is -0.366 e. The fourth-order valence-electron chi connectivity index (χ4n) is 1.52. The molecule has 1 rings (SSSR count). The van der Waals surface area contributed by atoms with Crippen LogP contribution >= 0.6 is 0 Å². The molecule has 0 bridgehead atoms. The fraction of sp³-hybridized carbons (Fsp3) is 0.200. The van der Waals surface area contributed by atoms with Crippen LogP contribution in [-0.4, -0.2) is 40.1 Å². The van der Waals surface area contributed by atoms with Crippen molar-refractivity contribution in [1.82, 2.24) is 0 Å². The van der Waals surface area contributed by atoms with Crippen LogP contribution in [-0.2, 0) is 34.5 Å². The van der Waals surface area contributed by atoms with Crippen molar-refractivity contribution in [1.29, 1.82) is 0 Å². The van der Waals surface area contributed by atoms with Crippen LogP contribution in [0.25, 0.3) is 0 Å². The number of sulfone groups is 1. The van der Waals surface area contributed by atoms with Gasteiger partial charge in [0.1, 0.15) is 11.5 Å². The molecular weight excluding hydrogens is 360 g/mol. The Morgan fingerprint density at radius 2 is 1.68 bits per heavy atom. The molecular formula is C10H12O9S3. The van der Waals surface area contributed by atoms with Gasteiger partial charge in [-0.05, 0) is 24.6 Å². The van der Waals surface area contributed by atoms with Gasteiger partial charge in [-0.25, -0.2) is 8.42 Å². The van der Waals surface area contributed by atoms with Crippen LogP contribution in [0.2, 0.25) is 0 Å². The van der Waals surface area contributed by atoms with Crippen molar-refractivity contribution in [2.24, 2.45) is 0 Å². The summed E-state index contributed by atoms with van der Waals surface area (Å²) >= 11 is 0. The Labute approximate surface area is 127 Å². The second-order valence-electron chi connectivity index (χ2n) is 4.21. The van der Waals surface area contributed by atoms with Crippen LogP contribution in [0.4, 0.5) is 0 Å².